The highest BCUT2D eigenvalue weighted by molar-refractivity contribution is 6.02. The van der Waals surface area contributed by atoms with Gasteiger partial charge in [0.15, 0.2) is 0 Å². The van der Waals surface area contributed by atoms with Crippen molar-refractivity contribution in [3.05, 3.63) is 35.7 Å². The Hall–Kier alpha value is -2.96. The van der Waals surface area contributed by atoms with Gasteiger partial charge in [-0.3, -0.25) is 10.3 Å². The van der Waals surface area contributed by atoms with Crippen LogP contribution in [-0.4, -0.2) is 27.4 Å². The Morgan fingerprint density at radius 3 is 2.65 bits per heavy atom. The number of nitrogens with one attached hydrogen (secondary N) is 2. The highest BCUT2D eigenvalue weighted by Crippen LogP contribution is 2.26. The van der Waals surface area contributed by atoms with E-state index in [0.29, 0.717) is 34.9 Å². The standard InChI is InChI=1S/C19H25N5O2.2H2/c1-6-15(20)13-7-8-16(24-17(13)21)14-9-12(10-22-11(14)2)23-18(25)26-19(3,4)5;;/h7-10,20H,6H2,1-5H3,(H2,21,24)(H,23,25);2*1H. The molecule has 0 spiro atoms. The average molecular weight is 359 g/mol. The van der Waals surface area contributed by atoms with Gasteiger partial charge >= 0.3 is 6.09 Å². The largest absolute Gasteiger partial charge is 0.444 e. The number of aryl methyl sites for hydroxylation is 1. The molecule has 0 bridgehead atoms. The number of anilines is 2. The van der Waals surface area contributed by atoms with E-state index in [-0.39, 0.29) is 2.85 Å². The van der Waals surface area contributed by atoms with Crippen LogP contribution in [0.2, 0.25) is 0 Å². The molecule has 7 heteroatoms. The molecule has 2 rings (SSSR count). The fourth-order valence-electron chi connectivity index (χ4n) is 2.35. The summed E-state index contributed by atoms with van der Waals surface area (Å²) in [5.41, 5.74) is 9.14. The normalized spacial score (nSPS) is 11.1. The number of hydrogen-bond acceptors (Lipinski definition) is 6. The lowest BCUT2D eigenvalue weighted by atomic mass is 10.1. The van der Waals surface area contributed by atoms with Gasteiger partial charge in [-0.05, 0) is 52.3 Å². The molecule has 2 heterocycles. The third-order valence-electron chi connectivity index (χ3n) is 3.61. The van der Waals surface area contributed by atoms with E-state index in [2.05, 4.69) is 15.3 Å². The van der Waals surface area contributed by atoms with Crippen molar-refractivity contribution in [1.82, 2.24) is 9.97 Å². The Bertz CT molecular complexity index is 851. The van der Waals surface area contributed by atoms with Crippen LogP contribution >= 0.6 is 0 Å². The van der Waals surface area contributed by atoms with Crippen molar-refractivity contribution in [2.75, 3.05) is 11.1 Å². The molecule has 4 N–H and O–H groups in total. The Morgan fingerprint density at radius 1 is 1.38 bits per heavy atom. The Labute approximate surface area is 156 Å². The molecule has 1 amide bonds. The molecular weight excluding hydrogens is 330 g/mol. The summed E-state index contributed by atoms with van der Waals surface area (Å²) in [7, 11) is 0. The van der Waals surface area contributed by atoms with Crippen LogP contribution in [0.4, 0.5) is 16.3 Å². The molecule has 0 saturated heterocycles. The van der Waals surface area contributed by atoms with E-state index in [0.717, 1.165) is 11.3 Å². The minimum absolute atomic E-state index is 0. The minimum atomic E-state index is -0.583. The van der Waals surface area contributed by atoms with Gasteiger partial charge in [0, 0.05) is 25.4 Å². The van der Waals surface area contributed by atoms with Crippen LogP contribution in [0.3, 0.4) is 0 Å². The summed E-state index contributed by atoms with van der Waals surface area (Å²) in [6.07, 6.45) is 1.60. The number of hydrogen-bond donors (Lipinski definition) is 3. The lowest BCUT2D eigenvalue weighted by Gasteiger charge is -2.19. The summed E-state index contributed by atoms with van der Waals surface area (Å²) in [6.45, 7) is 9.15. The van der Waals surface area contributed by atoms with Gasteiger partial charge in [0.1, 0.15) is 11.4 Å². The molecule has 0 atom stereocenters. The Balaban J connectivity index is 0.00000364. The lowest BCUT2D eigenvalue weighted by Crippen LogP contribution is -2.27. The highest BCUT2D eigenvalue weighted by Gasteiger charge is 2.17. The van der Waals surface area contributed by atoms with Gasteiger partial charge in [-0.1, -0.05) is 6.92 Å². The van der Waals surface area contributed by atoms with Crippen molar-refractivity contribution < 1.29 is 12.4 Å². The quantitative estimate of drug-likeness (QED) is 0.687. The second-order valence-electron chi connectivity index (χ2n) is 6.95. The van der Waals surface area contributed by atoms with Crippen LogP contribution in [0.15, 0.2) is 24.4 Å². The van der Waals surface area contributed by atoms with Crippen molar-refractivity contribution in [3.8, 4) is 11.3 Å². The second kappa shape index (κ2) is 7.51. The van der Waals surface area contributed by atoms with Gasteiger partial charge in [0.25, 0.3) is 0 Å². The first kappa shape index (κ1) is 19.4. The number of rotatable bonds is 4. The Kier molecular flexibility index (Phi) is 5.59. The number of aromatic nitrogens is 2. The second-order valence-corrected chi connectivity index (χ2v) is 6.95. The molecule has 0 fully saturated rings. The van der Waals surface area contributed by atoms with E-state index in [4.69, 9.17) is 15.9 Å². The Morgan fingerprint density at radius 2 is 2.08 bits per heavy atom. The van der Waals surface area contributed by atoms with Crippen molar-refractivity contribution in [1.29, 1.82) is 5.41 Å². The molecule has 0 aliphatic heterocycles. The molecule has 2 aromatic heterocycles. The predicted molar refractivity (Wildman–Crippen MR) is 108 cm³/mol. The zero-order chi connectivity index (χ0) is 19.5. The fraction of sp³-hybridized carbons (Fsp3) is 0.368. The summed E-state index contributed by atoms with van der Waals surface area (Å²) in [5, 5.41) is 10.6. The zero-order valence-corrected chi connectivity index (χ0v) is 15.8. The first-order valence-corrected chi connectivity index (χ1v) is 8.42. The number of nitrogen functional groups attached to an aromatic ring is 1. The lowest BCUT2D eigenvalue weighted by molar-refractivity contribution is 0.0636. The van der Waals surface area contributed by atoms with Gasteiger partial charge in [-0.15, -0.1) is 0 Å². The van der Waals surface area contributed by atoms with Crippen LogP contribution in [-0.2, 0) is 4.74 Å². The molecule has 0 aromatic carbocycles. The molecule has 0 aliphatic carbocycles. The van der Waals surface area contributed by atoms with Crippen molar-refractivity contribution in [2.45, 2.75) is 46.6 Å². The third kappa shape index (κ3) is 4.78. The SMILES string of the molecule is CCC(=N)c1ccc(-c2cc(NC(=O)OC(C)(C)C)cnc2C)nc1N.[HH].[HH]. The van der Waals surface area contributed by atoms with Crippen LogP contribution < -0.4 is 11.1 Å². The van der Waals surface area contributed by atoms with Gasteiger partial charge < -0.3 is 15.9 Å². The van der Waals surface area contributed by atoms with Gasteiger partial charge in [0.2, 0.25) is 0 Å². The molecular formula is C19H29N5O2. The number of ether oxygens (including phenoxy) is 1. The van der Waals surface area contributed by atoms with Crippen molar-refractivity contribution in [3.63, 3.8) is 0 Å². The monoisotopic (exact) mass is 359 g/mol. The van der Waals surface area contributed by atoms with E-state index in [1.54, 1.807) is 45.2 Å². The van der Waals surface area contributed by atoms with Crippen LogP contribution in [0.1, 0.15) is 48.2 Å². The average Bonchev–Trinajstić information content (AvgIpc) is 2.54. The van der Waals surface area contributed by atoms with Gasteiger partial charge in [-0.25, -0.2) is 9.78 Å². The maximum atomic E-state index is 11.9. The molecule has 26 heavy (non-hydrogen) atoms. The molecule has 7 nitrogen and oxygen atoms in total. The number of nitrogens with zero attached hydrogens (tertiary/aromatic N) is 2. The number of carbonyl (C=O) groups excluding carboxylic acids is 1. The minimum Gasteiger partial charge on any atom is -0.444 e. The summed E-state index contributed by atoms with van der Waals surface area (Å²) in [5.74, 6) is 0.305. The first-order valence-electron chi connectivity index (χ1n) is 8.42. The molecule has 0 saturated carbocycles. The summed E-state index contributed by atoms with van der Waals surface area (Å²) in [6, 6.07) is 5.37. The molecule has 142 valence electrons. The third-order valence-corrected chi connectivity index (χ3v) is 3.61. The van der Waals surface area contributed by atoms with E-state index in [1.165, 1.54) is 0 Å². The van der Waals surface area contributed by atoms with Crippen molar-refractivity contribution >= 4 is 23.3 Å². The van der Waals surface area contributed by atoms with E-state index in [9.17, 15) is 4.79 Å². The van der Waals surface area contributed by atoms with Gasteiger partial charge in [-0.2, -0.15) is 0 Å². The maximum absolute atomic E-state index is 11.9. The zero-order valence-electron chi connectivity index (χ0n) is 15.8. The summed E-state index contributed by atoms with van der Waals surface area (Å²) in [4.78, 5) is 20.7. The highest BCUT2D eigenvalue weighted by atomic mass is 16.6. The predicted octanol–water partition coefficient (Wildman–Crippen LogP) is 4.65. The maximum Gasteiger partial charge on any atom is 0.412 e. The van der Waals surface area contributed by atoms with Gasteiger partial charge in [0.05, 0.1) is 17.6 Å². The van der Waals surface area contributed by atoms with Crippen LogP contribution in [0.25, 0.3) is 11.3 Å². The topological polar surface area (TPSA) is 114 Å². The number of carbonyl (C=O) groups is 1. The van der Waals surface area contributed by atoms with E-state index in [1.807, 2.05) is 13.8 Å². The smallest absolute Gasteiger partial charge is 0.412 e. The number of nitrogens with two attached hydrogens (primary N) is 1. The number of pyridine rings is 2. The number of amides is 1. The molecule has 0 radical (unpaired) electrons. The molecule has 2 aromatic rings. The summed E-state index contributed by atoms with van der Waals surface area (Å²) >= 11 is 0. The first-order chi connectivity index (χ1) is 12.1. The van der Waals surface area contributed by atoms with Crippen LogP contribution in [0.5, 0.6) is 0 Å². The van der Waals surface area contributed by atoms with E-state index < -0.39 is 11.7 Å². The molecule has 0 unspecified atom stereocenters. The van der Waals surface area contributed by atoms with E-state index >= 15 is 0 Å². The molecule has 0 aliphatic rings. The van der Waals surface area contributed by atoms with Crippen molar-refractivity contribution in [2.24, 2.45) is 0 Å². The summed E-state index contributed by atoms with van der Waals surface area (Å²) < 4.78 is 5.25. The fourth-order valence-corrected chi connectivity index (χ4v) is 2.35. The van der Waals surface area contributed by atoms with Crippen LogP contribution in [0, 0.1) is 12.3 Å².